The second-order valence-electron chi connectivity index (χ2n) is 6.90. The van der Waals surface area contributed by atoms with Crippen LogP contribution >= 0.6 is 15.9 Å². The smallest absolute Gasteiger partial charge is 0.251 e. The van der Waals surface area contributed by atoms with Gasteiger partial charge in [0, 0.05) is 17.4 Å². The molecule has 2 rings (SSSR count). The van der Waals surface area contributed by atoms with Crippen molar-refractivity contribution in [2.75, 3.05) is 6.54 Å². The first kappa shape index (κ1) is 16.5. The summed E-state index contributed by atoms with van der Waals surface area (Å²) < 4.78 is 0. The van der Waals surface area contributed by atoms with Gasteiger partial charge in [-0.15, -0.1) is 0 Å². The number of hydrogen-bond donors (Lipinski definition) is 2. The molecular formula is C17H24BrNO2. The number of carbonyl (C=O) groups excluding carboxylic acids is 1. The fraction of sp³-hybridized carbons (Fsp3) is 0.588. The molecule has 1 saturated carbocycles. The van der Waals surface area contributed by atoms with Crippen molar-refractivity contribution in [2.45, 2.75) is 50.5 Å². The average molecular weight is 354 g/mol. The lowest BCUT2D eigenvalue weighted by Gasteiger charge is -2.40. The largest absolute Gasteiger partial charge is 0.388 e. The van der Waals surface area contributed by atoms with Crippen LogP contribution in [0, 0.1) is 5.41 Å². The van der Waals surface area contributed by atoms with Crippen LogP contribution in [0.2, 0.25) is 0 Å². The Hall–Kier alpha value is -0.870. The fourth-order valence-electron chi connectivity index (χ4n) is 2.66. The molecule has 1 aromatic rings. The van der Waals surface area contributed by atoms with Gasteiger partial charge in [-0.2, -0.15) is 0 Å². The highest BCUT2D eigenvalue weighted by molar-refractivity contribution is 9.08. The van der Waals surface area contributed by atoms with Crippen LogP contribution in [-0.4, -0.2) is 23.2 Å². The quantitative estimate of drug-likeness (QED) is 0.811. The number of benzene rings is 1. The van der Waals surface area contributed by atoms with E-state index in [0.717, 1.165) is 36.6 Å². The highest BCUT2D eigenvalue weighted by Crippen LogP contribution is 2.39. The number of rotatable bonds is 4. The molecule has 0 aromatic heterocycles. The monoisotopic (exact) mass is 353 g/mol. The van der Waals surface area contributed by atoms with Gasteiger partial charge in [-0.05, 0) is 48.8 Å². The molecule has 0 radical (unpaired) electrons. The first-order valence-electron chi connectivity index (χ1n) is 7.49. The molecule has 0 saturated heterocycles. The molecule has 0 spiro atoms. The van der Waals surface area contributed by atoms with Crippen LogP contribution in [0.3, 0.4) is 0 Å². The molecule has 3 nitrogen and oxygen atoms in total. The third-order valence-corrected chi connectivity index (χ3v) is 5.13. The van der Waals surface area contributed by atoms with Crippen LogP contribution in [0.4, 0.5) is 0 Å². The Labute approximate surface area is 135 Å². The Morgan fingerprint density at radius 2 is 1.76 bits per heavy atom. The minimum absolute atomic E-state index is 0.116. The minimum Gasteiger partial charge on any atom is -0.388 e. The van der Waals surface area contributed by atoms with Crippen molar-refractivity contribution in [3.05, 3.63) is 35.4 Å². The number of nitrogens with one attached hydrogen (secondary N) is 1. The SMILES string of the molecule is CC1(C)CCC(O)(CNC(=O)c2ccc(CBr)cc2)CC1. The van der Waals surface area contributed by atoms with Gasteiger partial charge in [0.15, 0.2) is 0 Å². The van der Waals surface area contributed by atoms with Crippen molar-refractivity contribution < 1.29 is 9.90 Å². The molecule has 21 heavy (non-hydrogen) atoms. The van der Waals surface area contributed by atoms with E-state index in [0.29, 0.717) is 17.5 Å². The lowest BCUT2D eigenvalue weighted by atomic mass is 9.71. The van der Waals surface area contributed by atoms with E-state index in [1.807, 2.05) is 24.3 Å². The molecule has 0 atom stereocenters. The summed E-state index contributed by atoms with van der Waals surface area (Å²) in [7, 11) is 0. The van der Waals surface area contributed by atoms with Gasteiger partial charge < -0.3 is 10.4 Å². The van der Waals surface area contributed by atoms with Crippen molar-refractivity contribution in [2.24, 2.45) is 5.41 Å². The number of aliphatic hydroxyl groups is 1. The molecule has 1 fully saturated rings. The van der Waals surface area contributed by atoms with E-state index in [1.165, 1.54) is 0 Å². The van der Waals surface area contributed by atoms with Crippen molar-refractivity contribution in [3.63, 3.8) is 0 Å². The lowest BCUT2D eigenvalue weighted by molar-refractivity contribution is -0.0233. The average Bonchev–Trinajstić information content (AvgIpc) is 2.49. The number of carbonyl (C=O) groups is 1. The molecule has 0 unspecified atom stereocenters. The van der Waals surface area contributed by atoms with Crippen LogP contribution in [-0.2, 0) is 5.33 Å². The zero-order valence-corrected chi connectivity index (χ0v) is 14.4. The van der Waals surface area contributed by atoms with Gasteiger partial charge in [-0.3, -0.25) is 4.79 Å². The van der Waals surface area contributed by atoms with Gasteiger partial charge >= 0.3 is 0 Å². The van der Waals surface area contributed by atoms with E-state index < -0.39 is 5.60 Å². The van der Waals surface area contributed by atoms with Crippen molar-refractivity contribution in [1.29, 1.82) is 0 Å². The maximum atomic E-state index is 12.1. The minimum atomic E-state index is -0.749. The lowest BCUT2D eigenvalue weighted by Crippen LogP contribution is -2.46. The second kappa shape index (κ2) is 6.49. The summed E-state index contributed by atoms with van der Waals surface area (Å²) in [5.74, 6) is -0.116. The van der Waals surface area contributed by atoms with E-state index in [9.17, 15) is 9.90 Å². The fourth-order valence-corrected chi connectivity index (χ4v) is 3.03. The Kier molecular flexibility index (Phi) is 5.10. The molecule has 4 heteroatoms. The first-order valence-corrected chi connectivity index (χ1v) is 8.61. The third kappa shape index (κ3) is 4.55. The van der Waals surface area contributed by atoms with Crippen LogP contribution in [0.5, 0.6) is 0 Å². The molecular weight excluding hydrogens is 330 g/mol. The molecule has 0 aliphatic heterocycles. The highest BCUT2D eigenvalue weighted by atomic mass is 79.9. The number of halogens is 1. The summed E-state index contributed by atoms with van der Waals surface area (Å²) in [6, 6.07) is 7.50. The summed E-state index contributed by atoms with van der Waals surface area (Å²) in [5, 5.41) is 14.2. The van der Waals surface area contributed by atoms with Crippen LogP contribution in [0.1, 0.15) is 55.5 Å². The zero-order valence-electron chi connectivity index (χ0n) is 12.8. The topological polar surface area (TPSA) is 49.3 Å². The van der Waals surface area contributed by atoms with Crippen LogP contribution < -0.4 is 5.32 Å². The van der Waals surface area contributed by atoms with E-state index >= 15 is 0 Å². The van der Waals surface area contributed by atoms with E-state index in [2.05, 4.69) is 35.1 Å². The van der Waals surface area contributed by atoms with Gasteiger partial charge in [0.25, 0.3) is 5.91 Å². The normalized spacial score (nSPS) is 20.0. The van der Waals surface area contributed by atoms with E-state index in [1.54, 1.807) is 0 Å². The molecule has 1 aliphatic carbocycles. The van der Waals surface area contributed by atoms with Gasteiger partial charge in [0.05, 0.1) is 5.60 Å². The number of hydrogen-bond acceptors (Lipinski definition) is 2. The first-order chi connectivity index (χ1) is 9.84. The van der Waals surface area contributed by atoms with Gasteiger partial charge in [0.1, 0.15) is 0 Å². The zero-order chi connectivity index (χ0) is 15.5. The maximum Gasteiger partial charge on any atom is 0.251 e. The Morgan fingerprint density at radius 1 is 1.19 bits per heavy atom. The summed E-state index contributed by atoms with van der Waals surface area (Å²) in [4.78, 5) is 12.1. The standard InChI is InChI=1S/C17H24BrNO2/c1-16(2)7-9-17(21,10-8-16)12-19-15(20)14-5-3-13(11-18)4-6-14/h3-6,21H,7-12H2,1-2H3,(H,19,20). The molecule has 2 N–H and O–H groups in total. The summed E-state index contributed by atoms with van der Waals surface area (Å²) in [6.45, 7) is 4.80. The summed E-state index contributed by atoms with van der Waals surface area (Å²) >= 11 is 3.38. The van der Waals surface area contributed by atoms with E-state index in [-0.39, 0.29) is 5.91 Å². The Bertz CT molecular complexity index is 486. The van der Waals surface area contributed by atoms with Crippen molar-refractivity contribution in [3.8, 4) is 0 Å². The molecule has 1 aromatic carbocycles. The summed E-state index contributed by atoms with van der Waals surface area (Å²) in [6.07, 6.45) is 3.50. The second-order valence-corrected chi connectivity index (χ2v) is 7.46. The Morgan fingerprint density at radius 3 is 2.29 bits per heavy atom. The molecule has 116 valence electrons. The van der Waals surface area contributed by atoms with E-state index in [4.69, 9.17) is 0 Å². The predicted molar refractivity (Wildman–Crippen MR) is 88.6 cm³/mol. The highest BCUT2D eigenvalue weighted by Gasteiger charge is 2.36. The Balaban J connectivity index is 1.88. The molecule has 0 heterocycles. The van der Waals surface area contributed by atoms with Gasteiger partial charge in [-0.25, -0.2) is 0 Å². The third-order valence-electron chi connectivity index (χ3n) is 4.48. The number of amides is 1. The summed E-state index contributed by atoms with van der Waals surface area (Å²) in [5.41, 5.74) is 1.34. The van der Waals surface area contributed by atoms with Gasteiger partial charge in [-0.1, -0.05) is 41.9 Å². The van der Waals surface area contributed by atoms with Crippen molar-refractivity contribution in [1.82, 2.24) is 5.32 Å². The number of alkyl halides is 1. The molecule has 0 bridgehead atoms. The maximum absolute atomic E-state index is 12.1. The van der Waals surface area contributed by atoms with Crippen LogP contribution in [0.25, 0.3) is 0 Å². The molecule has 1 aliphatic rings. The van der Waals surface area contributed by atoms with Gasteiger partial charge in [0.2, 0.25) is 0 Å². The van der Waals surface area contributed by atoms with Crippen molar-refractivity contribution >= 4 is 21.8 Å². The predicted octanol–water partition coefficient (Wildman–Crippen LogP) is 3.64. The van der Waals surface area contributed by atoms with Crippen LogP contribution in [0.15, 0.2) is 24.3 Å². The molecule has 1 amide bonds.